The molecule has 0 saturated heterocycles. The lowest BCUT2D eigenvalue weighted by molar-refractivity contribution is 0.0174. The number of hydrogen-bond donors (Lipinski definition) is 2. The van der Waals surface area contributed by atoms with E-state index < -0.39 is 5.60 Å². The molecule has 20 heavy (non-hydrogen) atoms. The summed E-state index contributed by atoms with van der Waals surface area (Å²) in [5.74, 6) is -0.247. The summed E-state index contributed by atoms with van der Waals surface area (Å²) in [6.45, 7) is 8.96. The molecule has 0 amide bonds. The zero-order valence-electron chi connectivity index (χ0n) is 12.9. The first kappa shape index (κ1) is 17.1. The molecule has 0 saturated carbocycles. The van der Waals surface area contributed by atoms with E-state index in [0.29, 0.717) is 6.54 Å². The minimum Gasteiger partial charge on any atom is -0.389 e. The van der Waals surface area contributed by atoms with Crippen LogP contribution in [0.15, 0.2) is 24.3 Å². The molecule has 114 valence electrons. The second-order valence-electron chi connectivity index (χ2n) is 5.94. The first-order chi connectivity index (χ1) is 9.28. The van der Waals surface area contributed by atoms with Crippen molar-refractivity contribution in [1.82, 2.24) is 4.90 Å². The van der Waals surface area contributed by atoms with Gasteiger partial charge < -0.3 is 10.8 Å². The third kappa shape index (κ3) is 4.85. The number of halogens is 1. The van der Waals surface area contributed by atoms with Crippen LogP contribution in [0.4, 0.5) is 4.39 Å². The lowest BCUT2D eigenvalue weighted by Gasteiger charge is -2.38. The first-order valence-electron chi connectivity index (χ1n) is 7.26. The van der Waals surface area contributed by atoms with Crippen LogP contribution < -0.4 is 5.73 Å². The topological polar surface area (TPSA) is 49.5 Å². The summed E-state index contributed by atoms with van der Waals surface area (Å²) in [5, 5.41) is 10.1. The van der Waals surface area contributed by atoms with Crippen LogP contribution >= 0.6 is 0 Å². The van der Waals surface area contributed by atoms with Gasteiger partial charge >= 0.3 is 0 Å². The van der Waals surface area contributed by atoms with Gasteiger partial charge in [-0.05, 0) is 44.5 Å². The fourth-order valence-electron chi connectivity index (χ4n) is 2.52. The Morgan fingerprint density at radius 3 is 2.20 bits per heavy atom. The Balaban J connectivity index is 3.07. The number of likely N-dealkylation sites (N-methyl/N-ethyl adjacent to an activating group) is 1. The Hall–Kier alpha value is -0.970. The fourth-order valence-corrected chi connectivity index (χ4v) is 2.52. The lowest BCUT2D eigenvalue weighted by atomic mass is 9.95. The standard InChI is InChI=1S/C16H27FN2O/c1-5-14(18)15(12-7-9-13(17)10-8-12)19(6-2)11-16(3,4)20/h7-10,14-15,20H,5-6,11,18H2,1-4H3. The second kappa shape index (κ2) is 7.16. The van der Waals surface area contributed by atoms with E-state index in [2.05, 4.69) is 4.90 Å². The van der Waals surface area contributed by atoms with Gasteiger partial charge in [0.05, 0.1) is 5.60 Å². The molecule has 0 aliphatic rings. The summed E-state index contributed by atoms with van der Waals surface area (Å²) in [7, 11) is 0. The number of nitrogens with zero attached hydrogens (tertiary/aromatic N) is 1. The van der Waals surface area contributed by atoms with E-state index in [1.165, 1.54) is 12.1 Å². The van der Waals surface area contributed by atoms with Crippen molar-refractivity contribution in [2.75, 3.05) is 13.1 Å². The Bertz CT molecular complexity index is 400. The highest BCUT2D eigenvalue weighted by Gasteiger charge is 2.28. The van der Waals surface area contributed by atoms with E-state index in [1.807, 2.05) is 13.8 Å². The molecular formula is C16H27FN2O. The summed E-state index contributed by atoms with van der Waals surface area (Å²) in [5.41, 5.74) is 6.47. The zero-order valence-corrected chi connectivity index (χ0v) is 12.9. The number of benzene rings is 1. The smallest absolute Gasteiger partial charge is 0.123 e. The van der Waals surface area contributed by atoms with Gasteiger partial charge in [-0.15, -0.1) is 0 Å². The monoisotopic (exact) mass is 282 g/mol. The maximum absolute atomic E-state index is 13.1. The van der Waals surface area contributed by atoms with Crippen molar-refractivity contribution in [2.24, 2.45) is 5.73 Å². The van der Waals surface area contributed by atoms with E-state index >= 15 is 0 Å². The highest BCUT2D eigenvalue weighted by Crippen LogP contribution is 2.26. The largest absolute Gasteiger partial charge is 0.389 e. The van der Waals surface area contributed by atoms with E-state index in [0.717, 1.165) is 18.5 Å². The van der Waals surface area contributed by atoms with Crippen molar-refractivity contribution in [3.8, 4) is 0 Å². The van der Waals surface area contributed by atoms with Gasteiger partial charge in [0.25, 0.3) is 0 Å². The molecule has 0 heterocycles. The molecule has 1 rings (SSSR count). The van der Waals surface area contributed by atoms with E-state index in [4.69, 9.17) is 5.73 Å². The van der Waals surface area contributed by atoms with E-state index in [9.17, 15) is 9.50 Å². The number of hydrogen-bond acceptors (Lipinski definition) is 3. The highest BCUT2D eigenvalue weighted by molar-refractivity contribution is 5.22. The van der Waals surface area contributed by atoms with E-state index in [1.54, 1.807) is 26.0 Å². The maximum Gasteiger partial charge on any atom is 0.123 e. The molecule has 1 aromatic rings. The molecule has 0 radical (unpaired) electrons. The van der Waals surface area contributed by atoms with E-state index in [-0.39, 0.29) is 17.9 Å². The summed E-state index contributed by atoms with van der Waals surface area (Å²) < 4.78 is 13.1. The third-order valence-corrected chi connectivity index (χ3v) is 3.48. The second-order valence-corrected chi connectivity index (χ2v) is 5.94. The van der Waals surface area contributed by atoms with Gasteiger partial charge in [0, 0.05) is 18.6 Å². The van der Waals surface area contributed by atoms with Gasteiger partial charge in [0.15, 0.2) is 0 Å². The van der Waals surface area contributed by atoms with Crippen LogP contribution in [0.1, 0.15) is 45.7 Å². The van der Waals surface area contributed by atoms with Crippen LogP contribution in [-0.2, 0) is 0 Å². The molecule has 0 bridgehead atoms. The molecule has 1 aromatic carbocycles. The predicted octanol–water partition coefficient (Wildman–Crippen LogP) is 2.70. The SMILES string of the molecule is CCC(N)C(c1ccc(F)cc1)N(CC)CC(C)(C)O. The molecule has 0 aromatic heterocycles. The van der Waals surface area contributed by atoms with Gasteiger partial charge in [-0.1, -0.05) is 26.0 Å². The molecule has 0 spiro atoms. The van der Waals surface area contributed by atoms with Crippen LogP contribution in [0.5, 0.6) is 0 Å². The first-order valence-corrected chi connectivity index (χ1v) is 7.26. The van der Waals surface area contributed by atoms with Gasteiger partial charge in [-0.2, -0.15) is 0 Å². The molecule has 2 atom stereocenters. The predicted molar refractivity (Wildman–Crippen MR) is 81.0 cm³/mol. The van der Waals surface area contributed by atoms with Gasteiger partial charge in [-0.25, -0.2) is 4.39 Å². The minimum absolute atomic E-state index is 0.0166. The Kier molecular flexibility index (Phi) is 6.11. The van der Waals surface area contributed by atoms with Crippen molar-refractivity contribution in [2.45, 2.75) is 51.8 Å². The molecule has 0 aliphatic carbocycles. The van der Waals surface area contributed by atoms with Crippen LogP contribution in [0.25, 0.3) is 0 Å². The third-order valence-electron chi connectivity index (χ3n) is 3.48. The highest BCUT2D eigenvalue weighted by atomic mass is 19.1. The molecular weight excluding hydrogens is 255 g/mol. The average Bonchev–Trinajstić information content (AvgIpc) is 2.38. The van der Waals surface area contributed by atoms with Crippen molar-refractivity contribution in [3.05, 3.63) is 35.6 Å². The normalized spacial score (nSPS) is 15.4. The summed E-state index contributed by atoms with van der Waals surface area (Å²) in [6, 6.07) is 6.41. The molecule has 0 fully saturated rings. The zero-order chi connectivity index (χ0) is 15.3. The molecule has 0 aliphatic heterocycles. The molecule has 2 unspecified atom stereocenters. The number of nitrogens with two attached hydrogens (primary N) is 1. The Morgan fingerprint density at radius 1 is 1.25 bits per heavy atom. The number of rotatable bonds is 7. The van der Waals surface area contributed by atoms with Crippen molar-refractivity contribution in [1.29, 1.82) is 0 Å². The quantitative estimate of drug-likeness (QED) is 0.808. The Labute approximate surface area is 121 Å². The van der Waals surface area contributed by atoms with Crippen molar-refractivity contribution >= 4 is 0 Å². The summed E-state index contributed by atoms with van der Waals surface area (Å²) in [4.78, 5) is 2.15. The van der Waals surface area contributed by atoms with Crippen LogP contribution in [0, 0.1) is 5.82 Å². The van der Waals surface area contributed by atoms with Crippen LogP contribution in [0.2, 0.25) is 0 Å². The lowest BCUT2D eigenvalue weighted by Crippen LogP contribution is -2.46. The van der Waals surface area contributed by atoms with Crippen LogP contribution in [-0.4, -0.2) is 34.7 Å². The van der Waals surface area contributed by atoms with Gasteiger partial charge in [-0.3, -0.25) is 4.90 Å². The maximum atomic E-state index is 13.1. The Morgan fingerprint density at radius 2 is 1.80 bits per heavy atom. The molecule has 3 N–H and O–H groups in total. The van der Waals surface area contributed by atoms with Gasteiger partial charge in [0.1, 0.15) is 5.82 Å². The summed E-state index contributed by atoms with van der Waals surface area (Å²) >= 11 is 0. The average molecular weight is 282 g/mol. The van der Waals surface area contributed by atoms with Crippen molar-refractivity contribution in [3.63, 3.8) is 0 Å². The van der Waals surface area contributed by atoms with Gasteiger partial charge in [0.2, 0.25) is 0 Å². The summed E-state index contributed by atoms with van der Waals surface area (Å²) in [6.07, 6.45) is 0.824. The fraction of sp³-hybridized carbons (Fsp3) is 0.625. The van der Waals surface area contributed by atoms with Crippen molar-refractivity contribution < 1.29 is 9.50 Å². The molecule has 4 heteroatoms. The minimum atomic E-state index is -0.790. The number of aliphatic hydroxyl groups is 1. The van der Waals surface area contributed by atoms with Crippen LogP contribution in [0.3, 0.4) is 0 Å². The molecule has 3 nitrogen and oxygen atoms in total.